The summed E-state index contributed by atoms with van der Waals surface area (Å²) in [6.45, 7) is 3.89. The highest BCUT2D eigenvalue weighted by atomic mass is 16.7. The van der Waals surface area contributed by atoms with Crippen molar-refractivity contribution in [3.05, 3.63) is 48.5 Å². The highest BCUT2D eigenvalue weighted by Gasteiger charge is 2.43. The molecule has 2 aromatic carbocycles. The van der Waals surface area contributed by atoms with E-state index in [4.69, 9.17) is 18.9 Å². The van der Waals surface area contributed by atoms with Gasteiger partial charge in [-0.25, -0.2) is 0 Å². The molecule has 2 aliphatic heterocycles. The summed E-state index contributed by atoms with van der Waals surface area (Å²) in [5.74, 6) is 1.76. The van der Waals surface area contributed by atoms with Gasteiger partial charge in [0.15, 0.2) is 23.0 Å². The minimum Gasteiger partial charge on any atom is -0.449 e. The van der Waals surface area contributed by atoms with Gasteiger partial charge in [0.25, 0.3) is 0 Å². The normalized spacial score (nSPS) is 19.2. The molecule has 2 heterocycles. The lowest BCUT2D eigenvalue weighted by Gasteiger charge is -2.28. The zero-order valence-electron chi connectivity index (χ0n) is 12.7. The Labute approximate surface area is 129 Å². The van der Waals surface area contributed by atoms with Gasteiger partial charge >= 0.3 is 0 Å². The number of rotatable bonds is 3. The molecule has 22 heavy (non-hydrogen) atoms. The predicted molar refractivity (Wildman–Crippen MR) is 81.4 cm³/mol. The van der Waals surface area contributed by atoms with E-state index in [0.717, 1.165) is 23.0 Å². The van der Waals surface area contributed by atoms with Gasteiger partial charge in [-0.05, 0) is 24.3 Å². The number of fused-ring (bicyclic) bond motifs is 2. The molecule has 0 aliphatic carbocycles. The Bertz CT molecular complexity index is 598. The molecule has 0 unspecified atom stereocenters. The van der Waals surface area contributed by atoms with Gasteiger partial charge in [0.2, 0.25) is 11.6 Å². The minimum absolute atomic E-state index is 0.659. The summed E-state index contributed by atoms with van der Waals surface area (Å²) in [4.78, 5) is 0. The molecular formula is C18H18O4. The van der Waals surface area contributed by atoms with Crippen LogP contribution in [0, 0.1) is 0 Å². The molecule has 0 aromatic heterocycles. The molecular weight excluding hydrogens is 280 g/mol. The van der Waals surface area contributed by atoms with E-state index in [9.17, 15) is 0 Å². The molecule has 0 radical (unpaired) electrons. The zero-order chi connectivity index (χ0) is 15.2. The largest absolute Gasteiger partial charge is 0.449 e. The molecule has 0 amide bonds. The third-order valence-corrected chi connectivity index (χ3v) is 4.03. The van der Waals surface area contributed by atoms with E-state index in [-0.39, 0.29) is 0 Å². The van der Waals surface area contributed by atoms with Crippen LogP contribution in [0.2, 0.25) is 0 Å². The van der Waals surface area contributed by atoms with Crippen molar-refractivity contribution in [3.8, 4) is 23.0 Å². The van der Waals surface area contributed by atoms with Crippen LogP contribution >= 0.6 is 0 Å². The topological polar surface area (TPSA) is 36.9 Å². The van der Waals surface area contributed by atoms with Gasteiger partial charge in [-0.1, -0.05) is 24.3 Å². The van der Waals surface area contributed by atoms with Crippen molar-refractivity contribution in [2.24, 2.45) is 0 Å². The van der Waals surface area contributed by atoms with Gasteiger partial charge in [0.05, 0.1) is 0 Å². The smallest absolute Gasteiger partial charge is 0.249 e. The van der Waals surface area contributed by atoms with Crippen molar-refractivity contribution in [2.45, 2.75) is 38.3 Å². The molecule has 4 nitrogen and oxygen atoms in total. The second-order valence-electron chi connectivity index (χ2n) is 6.07. The monoisotopic (exact) mass is 298 g/mol. The number of hydrogen-bond acceptors (Lipinski definition) is 4. The van der Waals surface area contributed by atoms with E-state index in [1.807, 2.05) is 62.4 Å². The molecule has 4 heteroatoms. The van der Waals surface area contributed by atoms with Crippen molar-refractivity contribution in [2.75, 3.05) is 0 Å². The first-order chi connectivity index (χ1) is 10.6. The Kier molecular flexibility index (Phi) is 2.76. The molecule has 4 rings (SSSR count). The van der Waals surface area contributed by atoms with Crippen molar-refractivity contribution in [3.63, 3.8) is 0 Å². The molecule has 0 atom stereocenters. The Balaban J connectivity index is 1.44. The second kappa shape index (κ2) is 4.57. The summed E-state index contributed by atoms with van der Waals surface area (Å²) < 4.78 is 23.8. The Morgan fingerprint density at radius 2 is 0.864 bits per heavy atom. The van der Waals surface area contributed by atoms with Gasteiger partial charge in [0.1, 0.15) is 0 Å². The fourth-order valence-electron chi connectivity index (χ4n) is 2.87. The van der Waals surface area contributed by atoms with Crippen LogP contribution in [0.15, 0.2) is 48.5 Å². The summed E-state index contributed by atoms with van der Waals surface area (Å²) in [7, 11) is 0. The second-order valence-corrected chi connectivity index (χ2v) is 6.07. The first-order valence-corrected chi connectivity index (χ1v) is 7.49. The van der Waals surface area contributed by atoms with Crippen LogP contribution in [0.4, 0.5) is 0 Å². The van der Waals surface area contributed by atoms with Gasteiger partial charge < -0.3 is 18.9 Å². The summed E-state index contributed by atoms with van der Waals surface area (Å²) in [6, 6.07) is 15.4. The first-order valence-electron chi connectivity index (χ1n) is 7.49. The van der Waals surface area contributed by atoms with E-state index in [1.54, 1.807) is 0 Å². The van der Waals surface area contributed by atoms with Gasteiger partial charge in [-0.2, -0.15) is 0 Å². The third kappa shape index (κ3) is 2.25. The van der Waals surface area contributed by atoms with Crippen LogP contribution in [0.5, 0.6) is 23.0 Å². The van der Waals surface area contributed by atoms with Crippen LogP contribution in [-0.2, 0) is 0 Å². The summed E-state index contributed by atoms with van der Waals surface area (Å²) in [6.07, 6.45) is 1.32. The SMILES string of the molecule is CC1(CCC2(C)Oc3ccccc3O2)Oc2ccccc2O1. The van der Waals surface area contributed by atoms with Crippen LogP contribution < -0.4 is 18.9 Å². The Morgan fingerprint density at radius 1 is 0.591 bits per heavy atom. The van der Waals surface area contributed by atoms with Crippen molar-refractivity contribution < 1.29 is 18.9 Å². The van der Waals surface area contributed by atoms with Crippen molar-refractivity contribution in [1.29, 1.82) is 0 Å². The van der Waals surface area contributed by atoms with E-state index < -0.39 is 11.6 Å². The third-order valence-electron chi connectivity index (χ3n) is 4.03. The van der Waals surface area contributed by atoms with E-state index in [0.29, 0.717) is 12.8 Å². The van der Waals surface area contributed by atoms with Crippen LogP contribution in [0.25, 0.3) is 0 Å². The fourth-order valence-corrected chi connectivity index (χ4v) is 2.87. The average molecular weight is 298 g/mol. The standard InChI is InChI=1S/C18H18O4/c1-17(19-13-7-3-4-8-14(13)20-17)11-12-18(2)21-15-9-5-6-10-16(15)22-18/h3-10H,11-12H2,1-2H3. The highest BCUT2D eigenvalue weighted by Crippen LogP contribution is 2.44. The molecule has 2 aromatic rings. The van der Waals surface area contributed by atoms with E-state index in [1.165, 1.54) is 0 Å². The number of ether oxygens (including phenoxy) is 4. The molecule has 0 saturated carbocycles. The zero-order valence-corrected chi connectivity index (χ0v) is 12.7. The van der Waals surface area contributed by atoms with Crippen LogP contribution in [0.3, 0.4) is 0 Å². The number of hydrogen-bond donors (Lipinski definition) is 0. The quantitative estimate of drug-likeness (QED) is 0.853. The summed E-state index contributed by atoms with van der Waals surface area (Å²) in [5.41, 5.74) is 0. The van der Waals surface area contributed by atoms with Crippen LogP contribution in [-0.4, -0.2) is 11.6 Å². The Morgan fingerprint density at radius 3 is 1.14 bits per heavy atom. The maximum absolute atomic E-state index is 5.94. The highest BCUT2D eigenvalue weighted by molar-refractivity contribution is 5.43. The lowest BCUT2D eigenvalue weighted by molar-refractivity contribution is -0.116. The van der Waals surface area contributed by atoms with E-state index in [2.05, 4.69) is 0 Å². The molecule has 0 N–H and O–H groups in total. The van der Waals surface area contributed by atoms with Gasteiger partial charge in [0, 0.05) is 26.7 Å². The van der Waals surface area contributed by atoms with Crippen molar-refractivity contribution in [1.82, 2.24) is 0 Å². The maximum Gasteiger partial charge on any atom is 0.249 e. The molecule has 0 spiro atoms. The molecule has 0 fully saturated rings. The molecule has 0 saturated heterocycles. The number of benzene rings is 2. The predicted octanol–water partition coefficient (Wildman–Crippen LogP) is 4.14. The minimum atomic E-state index is -0.686. The lowest BCUT2D eigenvalue weighted by atomic mass is 10.1. The lowest BCUT2D eigenvalue weighted by Crippen LogP contribution is -2.41. The average Bonchev–Trinajstić information content (AvgIpc) is 3.01. The molecule has 114 valence electrons. The van der Waals surface area contributed by atoms with Crippen molar-refractivity contribution >= 4 is 0 Å². The maximum atomic E-state index is 5.94. The van der Waals surface area contributed by atoms with Gasteiger partial charge in [-0.3, -0.25) is 0 Å². The number of para-hydroxylation sites is 4. The Hall–Kier alpha value is -2.36. The van der Waals surface area contributed by atoms with Gasteiger partial charge in [-0.15, -0.1) is 0 Å². The molecule has 2 aliphatic rings. The first kappa shape index (κ1) is 13.3. The fraction of sp³-hybridized carbons (Fsp3) is 0.333. The van der Waals surface area contributed by atoms with E-state index >= 15 is 0 Å². The molecule has 0 bridgehead atoms. The van der Waals surface area contributed by atoms with Crippen LogP contribution in [0.1, 0.15) is 26.7 Å². The summed E-state index contributed by atoms with van der Waals surface area (Å²) >= 11 is 0. The summed E-state index contributed by atoms with van der Waals surface area (Å²) in [5, 5.41) is 0.